The van der Waals surface area contributed by atoms with Crippen LogP contribution in [0.3, 0.4) is 0 Å². The SMILES string of the molecule is COc1ccc(C=CC=O)cc1COc1ccc([N+](=O)[O-])cc1. The van der Waals surface area contributed by atoms with Crippen LogP contribution in [0.2, 0.25) is 0 Å². The molecule has 0 N–H and O–H groups in total. The third-order valence-corrected chi connectivity index (χ3v) is 3.11. The summed E-state index contributed by atoms with van der Waals surface area (Å²) in [5, 5.41) is 10.6. The number of nitro groups is 1. The van der Waals surface area contributed by atoms with Crippen LogP contribution in [0, 0.1) is 10.1 Å². The number of allylic oxidation sites excluding steroid dienone is 1. The van der Waals surface area contributed by atoms with Crippen LogP contribution in [0.4, 0.5) is 5.69 Å². The van der Waals surface area contributed by atoms with E-state index in [1.807, 2.05) is 12.1 Å². The molecule has 0 unspecified atom stereocenters. The minimum Gasteiger partial charge on any atom is -0.496 e. The van der Waals surface area contributed by atoms with E-state index in [0.717, 1.165) is 11.1 Å². The van der Waals surface area contributed by atoms with Crippen LogP contribution in [-0.4, -0.2) is 18.3 Å². The van der Waals surface area contributed by atoms with Crippen LogP contribution in [0.5, 0.6) is 11.5 Å². The predicted octanol–water partition coefficient (Wildman–Crippen LogP) is 3.39. The Morgan fingerprint density at radius 2 is 1.91 bits per heavy atom. The number of carbonyl (C=O) groups excluding carboxylic acids is 1. The monoisotopic (exact) mass is 313 g/mol. The number of methoxy groups -OCH3 is 1. The summed E-state index contributed by atoms with van der Waals surface area (Å²) in [5.41, 5.74) is 1.66. The lowest BCUT2D eigenvalue weighted by atomic mass is 10.1. The number of nitro benzene ring substituents is 1. The van der Waals surface area contributed by atoms with E-state index in [4.69, 9.17) is 9.47 Å². The van der Waals surface area contributed by atoms with E-state index >= 15 is 0 Å². The fourth-order valence-corrected chi connectivity index (χ4v) is 1.99. The number of hydrogen-bond acceptors (Lipinski definition) is 5. The van der Waals surface area contributed by atoms with Crippen LogP contribution in [0.1, 0.15) is 11.1 Å². The summed E-state index contributed by atoms with van der Waals surface area (Å²) in [5.74, 6) is 1.18. The fraction of sp³-hybridized carbons (Fsp3) is 0.118. The van der Waals surface area contributed by atoms with Gasteiger partial charge in [0.25, 0.3) is 5.69 Å². The lowest BCUT2D eigenvalue weighted by molar-refractivity contribution is -0.384. The highest BCUT2D eigenvalue weighted by Gasteiger charge is 2.07. The zero-order chi connectivity index (χ0) is 16.7. The quantitative estimate of drug-likeness (QED) is 0.339. The third kappa shape index (κ3) is 4.41. The maximum atomic E-state index is 10.6. The summed E-state index contributed by atoms with van der Waals surface area (Å²) in [6.07, 6.45) is 3.79. The molecule has 0 saturated heterocycles. The third-order valence-electron chi connectivity index (χ3n) is 3.11. The molecule has 0 fully saturated rings. The predicted molar refractivity (Wildman–Crippen MR) is 85.5 cm³/mol. The van der Waals surface area contributed by atoms with Gasteiger partial charge in [0.2, 0.25) is 0 Å². The molecule has 2 rings (SSSR count). The molecule has 6 nitrogen and oxygen atoms in total. The van der Waals surface area contributed by atoms with Crippen LogP contribution in [-0.2, 0) is 11.4 Å². The molecule has 0 amide bonds. The Bertz CT molecular complexity index is 722. The van der Waals surface area contributed by atoms with Crippen molar-refractivity contribution in [2.24, 2.45) is 0 Å². The van der Waals surface area contributed by atoms with Crippen molar-refractivity contribution in [2.75, 3.05) is 7.11 Å². The zero-order valence-corrected chi connectivity index (χ0v) is 12.5. The van der Waals surface area contributed by atoms with E-state index in [0.29, 0.717) is 17.8 Å². The topological polar surface area (TPSA) is 78.7 Å². The number of aldehydes is 1. The number of carbonyl (C=O) groups is 1. The van der Waals surface area contributed by atoms with Crippen molar-refractivity contribution in [2.45, 2.75) is 6.61 Å². The Hall–Kier alpha value is -3.15. The van der Waals surface area contributed by atoms with E-state index in [-0.39, 0.29) is 12.3 Å². The first-order valence-electron chi connectivity index (χ1n) is 6.80. The molecule has 0 spiro atoms. The summed E-state index contributed by atoms with van der Waals surface area (Å²) in [4.78, 5) is 20.5. The zero-order valence-electron chi connectivity index (χ0n) is 12.5. The van der Waals surface area contributed by atoms with Gasteiger partial charge >= 0.3 is 0 Å². The number of rotatable bonds is 7. The van der Waals surface area contributed by atoms with Gasteiger partial charge in [-0.15, -0.1) is 0 Å². The van der Waals surface area contributed by atoms with Gasteiger partial charge in [-0.05, 0) is 35.9 Å². The molecule has 0 saturated carbocycles. The molecule has 6 heteroatoms. The molecule has 0 atom stereocenters. The summed E-state index contributed by atoms with van der Waals surface area (Å²) in [6.45, 7) is 0.240. The Kier molecular flexibility index (Phi) is 5.46. The molecule has 2 aromatic carbocycles. The van der Waals surface area contributed by atoms with Crippen LogP contribution >= 0.6 is 0 Å². The molecular formula is C17H15NO5. The van der Waals surface area contributed by atoms with E-state index in [9.17, 15) is 14.9 Å². The Balaban J connectivity index is 2.13. The minimum absolute atomic E-state index is 0.0101. The molecule has 0 radical (unpaired) electrons. The number of non-ortho nitro benzene ring substituents is 1. The van der Waals surface area contributed by atoms with Gasteiger partial charge in [0.15, 0.2) is 0 Å². The van der Waals surface area contributed by atoms with Gasteiger partial charge in [0.1, 0.15) is 24.4 Å². The second-order valence-corrected chi connectivity index (χ2v) is 4.61. The van der Waals surface area contributed by atoms with Crippen molar-refractivity contribution in [3.8, 4) is 11.5 Å². The van der Waals surface area contributed by atoms with E-state index in [2.05, 4.69) is 0 Å². The minimum atomic E-state index is -0.463. The van der Waals surface area contributed by atoms with Crippen molar-refractivity contribution in [3.63, 3.8) is 0 Å². The van der Waals surface area contributed by atoms with Gasteiger partial charge in [-0.3, -0.25) is 14.9 Å². The van der Waals surface area contributed by atoms with Crippen LogP contribution in [0.25, 0.3) is 6.08 Å². The summed E-state index contributed by atoms with van der Waals surface area (Å²) >= 11 is 0. The second kappa shape index (κ2) is 7.74. The Labute approximate surface area is 133 Å². The summed E-state index contributed by atoms with van der Waals surface area (Å²) < 4.78 is 10.9. The first-order chi connectivity index (χ1) is 11.1. The largest absolute Gasteiger partial charge is 0.496 e. The highest BCUT2D eigenvalue weighted by atomic mass is 16.6. The van der Waals surface area contributed by atoms with E-state index in [1.165, 1.54) is 18.2 Å². The fourth-order valence-electron chi connectivity index (χ4n) is 1.99. The summed E-state index contributed by atoms with van der Waals surface area (Å²) in [6, 6.07) is 11.3. The number of benzene rings is 2. The maximum absolute atomic E-state index is 10.6. The standard InChI is InChI=1S/C17H15NO5/c1-22-17-9-4-13(3-2-10-19)11-14(17)12-23-16-7-5-15(6-8-16)18(20)21/h2-11H,12H2,1H3. The number of hydrogen-bond donors (Lipinski definition) is 0. The van der Waals surface area contributed by atoms with Crippen molar-refractivity contribution in [1.82, 2.24) is 0 Å². The van der Waals surface area contributed by atoms with Crippen LogP contribution in [0.15, 0.2) is 48.5 Å². The van der Waals surface area contributed by atoms with Crippen LogP contribution < -0.4 is 9.47 Å². The highest BCUT2D eigenvalue weighted by Crippen LogP contribution is 2.24. The molecule has 2 aromatic rings. The van der Waals surface area contributed by atoms with Gasteiger partial charge in [-0.2, -0.15) is 0 Å². The van der Waals surface area contributed by atoms with Gasteiger partial charge in [0.05, 0.1) is 12.0 Å². The normalized spacial score (nSPS) is 10.5. The number of nitrogens with zero attached hydrogens (tertiary/aromatic N) is 1. The smallest absolute Gasteiger partial charge is 0.269 e. The lowest BCUT2D eigenvalue weighted by Crippen LogP contribution is -1.99. The molecule has 0 aliphatic rings. The second-order valence-electron chi connectivity index (χ2n) is 4.61. The molecule has 0 aliphatic carbocycles. The molecule has 0 aromatic heterocycles. The van der Waals surface area contributed by atoms with Gasteiger partial charge in [-0.25, -0.2) is 0 Å². The average molecular weight is 313 g/mol. The molecule has 0 aliphatic heterocycles. The van der Waals surface area contributed by atoms with Gasteiger partial charge in [0, 0.05) is 17.7 Å². The first-order valence-corrected chi connectivity index (χ1v) is 6.80. The summed E-state index contributed by atoms with van der Waals surface area (Å²) in [7, 11) is 1.56. The molecule has 0 heterocycles. The lowest BCUT2D eigenvalue weighted by Gasteiger charge is -2.11. The first kappa shape index (κ1) is 16.2. The van der Waals surface area contributed by atoms with Crippen molar-refractivity contribution in [1.29, 1.82) is 0 Å². The Morgan fingerprint density at radius 3 is 2.52 bits per heavy atom. The Morgan fingerprint density at radius 1 is 1.17 bits per heavy atom. The van der Waals surface area contributed by atoms with Gasteiger partial charge < -0.3 is 9.47 Å². The van der Waals surface area contributed by atoms with E-state index < -0.39 is 4.92 Å². The number of ether oxygens (including phenoxy) is 2. The van der Waals surface area contributed by atoms with Crippen molar-refractivity contribution >= 4 is 18.0 Å². The van der Waals surface area contributed by atoms with Crippen molar-refractivity contribution in [3.05, 3.63) is 69.8 Å². The molecule has 0 bridgehead atoms. The van der Waals surface area contributed by atoms with Gasteiger partial charge in [-0.1, -0.05) is 12.1 Å². The average Bonchev–Trinajstić information content (AvgIpc) is 2.58. The maximum Gasteiger partial charge on any atom is 0.269 e. The molecule has 23 heavy (non-hydrogen) atoms. The van der Waals surface area contributed by atoms with E-state index in [1.54, 1.807) is 31.4 Å². The molecular weight excluding hydrogens is 298 g/mol. The molecule has 118 valence electrons. The highest BCUT2D eigenvalue weighted by molar-refractivity contribution is 5.74. The van der Waals surface area contributed by atoms with Crippen molar-refractivity contribution < 1.29 is 19.2 Å².